The summed E-state index contributed by atoms with van der Waals surface area (Å²) in [7, 11) is 0. The first-order valence-corrected chi connectivity index (χ1v) is 8.45. The van der Waals surface area contributed by atoms with E-state index in [-0.39, 0.29) is 0 Å². The zero-order valence-corrected chi connectivity index (χ0v) is 13.6. The van der Waals surface area contributed by atoms with Gasteiger partial charge < -0.3 is 0 Å². The minimum absolute atomic E-state index is 1.29. The quantitative estimate of drug-likeness (QED) is 0.398. The molecule has 112 valence electrons. The van der Waals surface area contributed by atoms with Gasteiger partial charge in [-0.1, -0.05) is 96.7 Å². The summed E-state index contributed by atoms with van der Waals surface area (Å²) in [4.78, 5) is 2.57. The Morgan fingerprint density at radius 1 is 0.348 bits per heavy atom. The minimum atomic E-state index is 1.29. The van der Waals surface area contributed by atoms with E-state index in [4.69, 9.17) is 0 Å². The molecule has 0 N–H and O–H groups in total. The van der Waals surface area contributed by atoms with Crippen LogP contribution < -0.4 is 0 Å². The third kappa shape index (κ3) is 4.73. The molecule has 0 nitrogen and oxygen atoms in total. The second-order valence-electron chi connectivity index (χ2n) is 5.08. The Morgan fingerprint density at radius 3 is 1.00 bits per heavy atom. The number of hydrogen-bond acceptors (Lipinski definition) is 1. The predicted octanol–water partition coefficient (Wildman–Crippen LogP) is 6.68. The molecule has 1 heteroatoms. The van der Waals surface area contributed by atoms with Gasteiger partial charge in [0.2, 0.25) is 0 Å². The highest BCUT2D eigenvalue weighted by Crippen LogP contribution is 2.26. The maximum Gasteiger partial charge on any atom is 0.0122 e. The van der Waals surface area contributed by atoms with Gasteiger partial charge in [0, 0.05) is 9.79 Å². The second kappa shape index (κ2) is 8.21. The summed E-state index contributed by atoms with van der Waals surface area (Å²) >= 11 is 1.79. The van der Waals surface area contributed by atoms with Crippen molar-refractivity contribution in [1.82, 2.24) is 0 Å². The van der Waals surface area contributed by atoms with Gasteiger partial charge in [-0.2, -0.15) is 0 Å². The third-order valence-electron chi connectivity index (χ3n) is 3.38. The molecule has 23 heavy (non-hydrogen) atoms. The van der Waals surface area contributed by atoms with Crippen LogP contribution in [-0.2, 0) is 0 Å². The molecule has 0 saturated heterocycles. The summed E-state index contributed by atoms with van der Waals surface area (Å²) < 4.78 is 0. The van der Waals surface area contributed by atoms with E-state index in [0.29, 0.717) is 0 Å². The van der Waals surface area contributed by atoms with Crippen LogP contribution in [0.5, 0.6) is 0 Å². The topological polar surface area (TPSA) is 0 Å². The van der Waals surface area contributed by atoms with E-state index >= 15 is 0 Å². The Morgan fingerprint density at radius 2 is 0.652 bits per heavy atom. The van der Waals surface area contributed by atoms with Crippen LogP contribution in [0.3, 0.4) is 0 Å². The van der Waals surface area contributed by atoms with Crippen LogP contribution in [0.2, 0.25) is 0 Å². The molecule has 0 aliphatic rings. The van der Waals surface area contributed by atoms with Crippen molar-refractivity contribution in [1.29, 1.82) is 0 Å². The van der Waals surface area contributed by atoms with Crippen molar-refractivity contribution in [2.24, 2.45) is 0 Å². The van der Waals surface area contributed by atoms with E-state index in [0.717, 1.165) is 0 Å². The number of rotatable bonds is 2. The van der Waals surface area contributed by atoms with Crippen molar-refractivity contribution in [3.8, 4) is 0 Å². The van der Waals surface area contributed by atoms with E-state index in [9.17, 15) is 0 Å². The van der Waals surface area contributed by atoms with Crippen LogP contribution in [0.25, 0.3) is 10.8 Å². The Bertz CT molecular complexity index is 736. The Balaban J connectivity index is 0.000000140. The summed E-state index contributed by atoms with van der Waals surface area (Å²) in [6.07, 6.45) is 0. The summed E-state index contributed by atoms with van der Waals surface area (Å²) in [5.74, 6) is 0. The molecule has 4 aromatic rings. The number of hydrogen-bond donors (Lipinski definition) is 0. The van der Waals surface area contributed by atoms with E-state index in [1.165, 1.54) is 20.6 Å². The van der Waals surface area contributed by atoms with Gasteiger partial charge in [-0.15, -0.1) is 0 Å². The lowest BCUT2D eigenvalue weighted by atomic mass is 10.1. The van der Waals surface area contributed by atoms with Crippen molar-refractivity contribution in [2.45, 2.75) is 9.79 Å². The van der Waals surface area contributed by atoms with Crippen LogP contribution in [-0.4, -0.2) is 0 Å². The van der Waals surface area contributed by atoms with Crippen molar-refractivity contribution in [3.05, 3.63) is 109 Å². The third-order valence-corrected chi connectivity index (χ3v) is 4.40. The number of fused-ring (bicyclic) bond motifs is 1. The van der Waals surface area contributed by atoms with Crippen LogP contribution in [0.15, 0.2) is 119 Å². The lowest BCUT2D eigenvalue weighted by Gasteiger charge is -1.99. The zero-order chi connectivity index (χ0) is 15.7. The molecule has 0 amide bonds. The van der Waals surface area contributed by atoms with E-state index in [1.54, 1.807) is 11.8 Å². The summed E-state index contributed by atoms with van der Waals surface area (Å²) in [6, 6.07) is 37.5. The Hall–Kier alpha value is -2.51. The van der Waals surface area contributed by atoms with Crippen molar-refractivity contribution in [2.75, 3.05) is 0 Å². The van der Waals surface area contributed by atoms with Gasteiger partial charge in [0.1, 0.15) is 0 Å². The molecule has 0 radical (unpaired) electrons. The second-order valence-corrected chi connectivity index (χ2v) is 6.22. The number of benzene rings is 4. The molecule has 0 aliphatic carbocycles. The molecule has 4 rings (SSSR count). The van der Waals surface area contributed by atoms with Gasteiger partial charge in [0.05, 0.1) is 0 Å². The molecule has 0 aromatic heterocycles. The maximum atomic E-state index is 2.12. The highest BCUT2D eigenvalue weighted by atomic mass is 32.2. The van der Waals surface area contributed by atoms with Gasteiger partial charge in [-0.05, 0) is 35.0 Å². The fourth-order valence-corrected chi connectivity index (χ4v) is 3.10. The predicted molar refractivity (Wildman–Crippen MR) is 101 cm³/mol. The average molecular weight is 314 g/mol. The zero-order valence-electron chi connectivity index (χ0n) is 12.8. The molecule has 0 atom stereocenters. The molecule has 4 aromatic carbocycles. The van der Waals surface area contributed by atoms with Gasteiger partial charge in [0.25, 0.3) is 0 Å². The summed E-state index contributed by atoms with van der Waals surface area (Å²) in [5.41, 5.74) is 0. The molecule has 0 fully saturated rings. The van der Waals surface area contributed by atoms with Crippen molar-refractivity contribution >= 4 is 22.5 Å². The smallest absolute Gasteiger partial charge is 0.0122 e. The molecule has 0 saturated carbocycles. The fourth-order valence-electron chi connectivity index (χ4n) is 2.25. The van der Waals surface area contributed by atoms with Crippen LogP contribution >= 0.6 is 11.8 Å². The molecular weight excluding hydrogens is 296 g/mol. The van der Waals surface area contributed by atoms with Crippen molar-refractivity contribution < 1.29 is 0 Å². The maximum absolute atomic E-state index is 2.12. The molecule has 0 spiro atoms. The lowest BCUT2D eigenvalue weighted by molar-refractivity contribution is 1.41. The fraction of sp³-hybridized carbons (Fsp3) is 0. The highest BCUT2D eigenvalue weighted by molar-refractivity contribution is 7.99. The van der Waals surface area contributed by atoms with Crippen LogP contribution in [0.4, 0.5) is 0 Å². The van der Waals surface area contributed by atoms with Gasteiger partial charge in [-0.25, -0.2) is 0 Å². The first-order valence-electron chi connectivity index (χ1n) is 7.63. The van der Waals surface area contributed by atoms with Crippen LogP contribution in [0, 0.1) is 0 Å². The lowest BCUT2D eigenvalue weighted by Crippen LogP contribution is -1.70. The van der Waals surface area contributed by atoms with E-state index in [1.807, 2.05) is 12.1 Å². The highest BCUT2D eigenvalue weighted by Gasteiger charge is 1.93. The molecule has 0 bridgehead atoms. The van der Waals surface area contributed by atoms with Gasteiger partial charge >= 0.3 is 0 Å². The standard InChI is InChI=1S/C12H10S.C10H8/c1-3-7-11(8-4-1)13-12-9-5-2-6-10-12;1-2-6-10-8-4-3-7-9(10)5-1/h1-10H;1-8H. The molecule has 0 unspecified atom stereocenters. The monoisotopic (exact) mass is 314 g/mol. The van der Waals surface area contributed by atoms with Gasteiger partial charge in [-0.3, -0.25) is 0 Å². The minimum Gasteiger partial charge on any atom is -0.0901 e. The molecular formula is C22H18S. The molecule has 0 heterocycles. The SMILES string of the molecule is c1ccc(Sc2ccccc2)cc1.c1ccc2ccccc2c1. The first kappa shape index (κ1) is 15.4. The summed E-state index contributed by atoms with van der Waals surface area (Å²) in [6.45, 7) is 0. The molecule has 0 aliphatic heterocycles. The van der Waals surface area contributed by atoms with Gasteiger partial charge in [0.15, 0.2) is 0 Å². The van der Waals surface area contributed by atoms with E-state index < -0.39 is 0 Å². The van der Waals surface area contributed by atoms with Crippen molar-refractivity contribution in [3.63, 3.8) is 0 Å². The Labute approximate surface area is 141 Å². The van der Waals surface area contributed by atoms with Crippen LogP contribution in [0.1, 0.15) is 0 Å². The average Bonchev–Trinajstić information content (AvgIpc) is 2.64. The summed E-state index contributed by atoms with van der Waals surface area (Å²) in [5, 5.41) is 2.62. The first-order chi connectivity index (χ1) is 11.4. The largest absolute Gasteiger partial charge is 0.0901 e. The Kier molecular flexibility index (Phi) is 5.49. The normalized spacial score (nSPS) is 9.91. The van der Waals surface area contributed by atoms with E-state index in [2.05, 4.69) is 97.1 Å².